The van der Waals surface area contributed by atoms with Crippen molar-refractivity contribution in [3.05, 3.63) is 18.1 Å². The lowest BCUT2D eigenvalue weighted by molar-refractivity contribution is 0.0960. The summed E-state index contributed by atoms with van der Waals surface area (Å²) in [7, 11) is 0. The Balaban J connectivity index is 1.49. The predicted molar refractivity (Wildman–Crippen MR) is 78.5 cm³/mol. The molecule has 4 heteroatoms. The standard InChI is InChI=1S/C16H25N3O/c1-11-3-6-15(7-12(11)2)20-16-10-18-14(9-19-16)8-17-13-4-5-13/h9-13,15,17H,3-8H2,1-2H3. The Labute approximate surface area is 121 Å². The van der Waals surface area contributed by atoms with Crippen molar-refractivity contribution in [3.63, 3.8) is 0 Å². The first-order chi connectivity index (χ1) is 9.70. The van der Waals surface area contributed by atoms with Gasteiger partial charge in [0.2, 0.25) is 5.88 Å². The highest BCUT2D eigenvalue weighted by atomic mass is 16.5. The first-order valence-corrected chi connectivity index (χ1v) is 7.91. The molecule has 0 radical (unpaired) electrons. The van der Waals surface area contributed by atoms with Crippen LogP contribution < -0.4 is 10.1 Å². The van der Waals surface area contributed by atoms with Crippen molar-refractivity contribution in [2.75, 3.05) is 0 Å². The molecule has 2 aliphatic rings. The summed E-state index contributed by atoms with van der Waals surface area (Å²) in [6, 6.07) is 0.707. The number of nitrogens with zero attached hydrogens (tertiary/aromatic N) is 2. The van der Waals surface area contributed by atoms with Gasteiger partial charge in [-0.3, -0.25) is 4.98 Å². The van der Waals surface area contributed by atoms with E-state index in [-0.39, 0.29) is 0 Å². The van der Waals surface area contributed by atoms with E-state index in [2.05, 4.69) is 29.1 Å². The van der Waals surface area contributed by atoms with Crippen molar-refractivity contribution in [2.24, 2.45) is 11.8 Å². The Morgan fingerprint density at radius 3 is 2.60 bits per heavy atom. The van der Waals surface area contributed by atoms with Crippen LogP contribution in [0.3, 0.4) is 0 Å². The molecule has 0 aromatic carbocycles. The van der Waals surface area contributed by atoms with Crippen molar-refractivity contribution < 1.29 is 4.74 Å². The molecule has 4 nitrogen and oxygen atoms in total. The minimum Gasteiger partial charge on any atom is -0.473 e. The average molecular weight is 275 g/mol. The fraction of sp³-hybridized carbons (Fsp3) is 0.750. The van der Waals surface area contributed by atoms with Gasteiger partial charge in [-0.15, -0.1) is 0 Å². The Hall–Kier alpha value is -1.16. The van der Waals surface area contributed by atoms with Gasteiger partial charge in [-0.05, 0) is 43.9 Å². The van der Waals surface area contributed by atoms with Crippen LogP contribution in [-0.4, -0.2) is 22.1 Å². The molecular weight excluding hydrogens is 250 g/mol. The van der Waals surface area contributed by atoms with Gasteiger partial charge in [0, 0.05) is 12.6 Å². The fourth-order valence-electron chi connectivity index (χ4n) is 2.81. The third-order valence-corrected chi connectivity index (χ3v) is 4.67. The Morgan fingerprint density at radius 2 is 1.95 bits per heavy atom. The Bertz CT molecular complexity index is 430. The molecule has 2 saturated carbocycles. The van der Waals surface area contributed by atoms with E-state index in [9.17, 15) is 0 Å². The minimum absolute atomic E-state index is 0.311. The number of hydrogen-bond acceptors (Lipinski definition) is 4. The molecule has 0 saturated heterocycles. The number of rotatable bonds is 5. The molecule has 2 fully saturated rings. The third kappa shape index (κ3) is 3.69. The topological polar surface area (TPSA) is 47.0 Å². The van der Waals surface area contributed by atoms with Crippen molar-refractivity contribution >= 4 is 0 Å². The lowest BCUT2D eigenvalue weighted by Gasteiger charge is -2.31. The fourth-order valence-corrected chi connectivity index (χ4v) is 2.81. The van der Waals surface area contributed by atoms with Gasteiger partial charge in [0.05, 0.1) is 18.1 Å². The number of aromatic nitrogens is 2. The van der Waals surface area contributed by atoms with Crippen molar-refractivity contribution in [1.82, 2.24) is 15.3 Å². The molecule has 1 aromatic rings. The highest BCUT2D eigenvalue weighted by Gasteiger charge is 2.26. The van der Waals surface area contributed by atoms with Gasteiger partial charge in [-0.2, -0.15) is 0 Å². The van der Waals surface area contributed by atoms with Crippen LogP contribution in [0.5, 0.6) is 5.88 Å². The normalized spacial score (nSPS) is 30.2. The summed E-state index contributed by atoms with van der Waals surface area (Å²) in [4.78, 5) is 8.82. The smallest absolute Gasteiger partial charge is 0.232 e. The number of hydrogen-bond donors (Lipinski definition) is 1. The zero-order valence-electron chi connectivity index (χ0n) is 12.5. The van der Waals surface area contributed by atoms with E-state index in [1.807, 2.05) is 6.20 Å². The van der Waals surface area contributed by atoms with Crippen LogP contribution in [0.2, 0.25) is 0 Å². The van der Waals surface area contributed by atoms with Crippen LogP contribution in [0.4, 0.5) is 0 Å². The molecule has 1 heterocycles. The number of ether oxygens (including phenoxy) is 1. The lowest BCUT2D eigenvalue weighted by atomic mass is 9.80. The first kappa shape index (κ1) is 13.8. The van der Waals surface area contributed by atoms with Gasteiger partial charge in [0.1, 0.15) is 6.10 Å². The summed E-state index contributed by atoms with van der Waals surface area (Å²) in [5, 5.41) is 3.44. The summed E-state index contributed by atoms with van der Waals surface area (Å²) in [5.41, 5.74) is 0.995. The van der Waals surface area contributed by atoms with Crippen LogP contribution in [0.15, 0.2) is 12.4 Å². The summed E-state index contributed by atoms with van der Waals surface area (Å²) >= 11 is 0. The second-order valence-corrected chi connectivity index (χ2v) is 6.51. The van der Waals surface area contributed by atoms with Gasteiger partial charge in [-0.25, -0.2) is 4.98 Å². The van der Waals surface area contributed by atoms with Gasteiger partial charge >= 0.3 is 0 Å². The van der Waals surface area contributed by atoms with Crippen LogP contribution in [0.1, 0.15) is 51.6 Å². The van der Waals surface area contributed by atoms with E-state index in [0.29, 0.717) is 18.0 Å². The third-order valence-electron chi connectivity index (χ3n) is 4.67. The molecule has 1 N–H and O–H groups in total. The second-order valence-electron chi connectivity index (χ2n) is 6.51. The van der Waals surface area contributed by atoms with Crippen LogP contribution in [-0.2, 0) is 6.54 Å². The van der Waals surface area contributed by atoms with E-state index in [1.54, 1.807) is 6.20 Å². The Morgan fingerprint density at radius 1 is 1.10 bits per heavy atom. The van der Waals surface area contributed by atoms with Crippen LogP contribution >= 0.6 is 0 Å². The molecule has 2 aliphatic carbocycles. The molecule has 0 spiro atoms. The van der Waals surface area contributed by atoms with E-state index < -0.39 is 0 Å². The van der Waals surface area contributed by atoms with Crippen molar-refractivity contribution in [3.8, 4) is 5.88 Å². The highest BCUT2D eigenvalue weighted by Crippen LogP contribution is 2.31. The first-order valence-electron chi connectivity index (χ1n) is 7.91. The highest BCUT2D eigenvalue weighted by molar-refractivity contribution is 5.08. The maximum atomic E-state index is 5.97. The van der Waals surface area contributed by atoms with Gasteiger partial charge in [0.25, 0.3) is 0 Å². The average Bonchev–Trinajstić information content (AvgIpc) is 3.26. The quantitative estimate of drug-likeness (QED) is 0.897. The minimum atomic E-state index is 0.311. The monoisotopic (exact) mass is 275 g/mol. The summed E-state index contributed by atoms with van der Waals surface area (Å²) in [6.45, 7) is 5.47. The molecule has 3 atom stereocenters. The zero-order chi connectivity index (χ0) is 13.9. The van der Waals surface area contributed by atoms with Crippen LogP contribution in [0, 0.1) is 11.8 Å². The maximum absolute atomic E-state index is 5.97. The molecular formula is C16H25N3O. The molecule has 0 aliphatic heterocycles. The Kier molecular flexibility index (Phi) is 4.20. The van der Waals surface area contributed by atoms with Gasteiger partial charge in [0.15, 0.2) is 0 Å². The molecule has 3 rings (SSSR count). The molecule has 0 amide bonds. The van der Waals surface area contributed by atoms with E-state index in [0.717, 1.165) is 36.9 Å². The molecule has 1 aromatic heterocycles. The summed E-state index contributed by atoms with van der Waals surface area (Å²) in [6.07, 6.45) is 10.0. The molecule has 0 bridgehead atoms. The molecule has 3 unspecified atom stereocenters. The van der Waals surface area contributed by atoms with E-state index in [1.165, 1.54) is 19.3 Å². The number of nitrogens with one attached hydrogen (secondary N) is 1. The predicted octanol–water partition coefficient (Wildman–Crippen LogP) is 2.93. The van der Waals surface area contributed by atoms with Gasteiger partial charge < -0.3 is 10.1 Å². The largest absolute Gasteiger partial charge is 0.473 e. The zero-order valence-corrected chi connectivity index (χ0v) is 12.5. The maximum Gasteiger partial charge on any atom is 0.232 e. The van der Waals surface area contributed by atoms with Crippen LogP contribution in [0.25, 0.3) is 0 Å². The van der Waals surface area contributed by atoms with Gasteiger partial charge in [-0.1, -0.05) is 13.8 Å². The SMILES string of the molecule is CC1CCC(Oc2cnc(CNC3CC3)cn2)CC1C. The van der Waals surface area contributed by atoms with Crippen molar-refractivity contribution in [1.29, 1.82) is 0 Å². The van der Waals surface area contributed by atoms with Crippen molar-refractivity contribution in [2.45, 2.75) is 64.6 Å². The second kappa shape index (κ2) is 6.08. The van der Waals surface area contributed by atoms with E-state index >= 15 is 0 Å². The van der Waals surface area contributed by atoms with E-state index in [4.69, 9.17) is 4.74 Å². The summed E-state index contributed by atoms with van der Waals surface area (Å²) < 4.78 is 5.97. The summed E-state index contributed by atoms with van der Waals surface area (Å²) in [5.74, 6) is 2.23. The molecule has 110 valence electrons. The molecule has 20 heavy (non-hydrogen) atoms. The lowest BCUT2D eigenvalue weighted by Crippen LogP contribution is -2.29.